The lowest BCUT2D eigenvalue weighted by atomic mass is 9.75. The third-order valence-corrected chi connectivity index (χ3v) is 4.12. The highest BCUT2D eigenvalue weighted by Gasteiger charge is 2.43. The van der Waals surface area contributed by atoms with E-state index in [-0.39, 0.29) is 6.61 Å². The zero-order chi connectivity index (χ0) is 14.9. The van der Waals surface area contributed by atoms with E-state index in [0.29, 0.717) is 12.8 Å². The molecule has 1 heterocycles. The second-order valence-electron chi connectivity index (χ2n) is 5.82. The molecular weight excluding hydrogens is 264 g/mol. The number of carboxylic acids is 1. The van der Waals surface area contributed by atoms with Crippen LogP contribution in [0.3, 0.4) is 0 Å². The highest BCUT2D eigenvalue weighted by Crippen LogP contribution is 2.37. The van der Waals surface area contributed by atoms with Crippen LogP contribution in [0.4, 0.5) is 0 Å². The lowest BCUT2D eigenvalue weighted by Crippen LogP contribution is -2.43. The standard InChI is InChI=1S/C18H18O3/c1-13-6-8-14(9-7-13)10-18(17(19)20)11-15-4-2-3-5-16(15)21-12-18/h2-9H,10-12H2,1H3,(H,19,20). The molecule has 1 aliphatic heterocycles. The average molecular weight is 282 g/mol. The summed E-state index contributed by atoms with van der Waals surface area (Å²) in [5.74, 6) is 0.0101. The third kappa shape index (κ3) is 2.64. The van der Waals surface area contributed by atoms with Crippen LogP contribution in [0.15, 0.2) is 48.5 Å². The van der Waals surface area contributed by atoms with Crippen molar-refractivity contribution >= 4 is 5.97 Å². The average Bonchev–Trinajstić information content (AvgIpc) is 2.49. The number of para-hydroxylation sites is 1. The maximum absolute atomic E-state index is 11.9. The minimum absolute atomic E-state index is 0.215. The van der Waals surface area contributed by atoms with Gasteiger partial charge in [0.05, 0.1) is 0 Å². The summed E-state index contributed by atoms with van der Waals surface area (Å²) < 4.78 is 5.72. The molecular formula is C18H18O3. The van der Waals surface area contributed by atoms with Crippen molar-refractivity contribution in [2.24, 2.45) is 5.41 Å². The highest BCUT2D eigenvalue weighted by molar-refractivity contribution is 5.76. The molecule has 2 aromatic rings. The predicted octanol–water partition coefficient (Wildman–Crippen LogP) is 3.24. The summed E-state index contributed by atoms with van der Waals surface area (Å²) in [7, 11) is 0. The second kappa shape index (κ2) is 5.24. The molecule has 0 aromatic heterocycles. The van der Waals surface area contributed by atoms with Crippen LogP contribution < -0.4 is 4.74 Å². The molecule has 1 unspecified atom stereocenters. The van der Waals surface area contributed by atoms with Gasteiger partial charge in [-0.3, -0.25) is 4.79 Å². The molecule has 1 N–H and O–H groups in total. The maximum atomic E-state index is 11.9. The van der Waals surface area contributed by atoms with Crippen LogP contribution in [0.25, 0.3) is 0 Å². The topological polar surface area (TPSA) is 46.5 Å². The van der Waals surface area contributed by atoms with Gasteiger partial charge in [0.25, 0.3) is 0 Å². The number of aryl methyl sites for hydroxylation is 1. The fraction of sp³-hybridized carbons (Fsp3) is 0.278. The lowest BCUT2D eigenvalue weighted by molar-refractivity contribution is -0.151. The first-order chi connectivity index (χ1) is 10.1. The molecule has 21 heavy (non-hydrogen) atoms. The van der Waals surface area contributed by atoms with Crippen molar-refractivity contribution in [1.29, 1.82) is 0 Å². The largest absolute Gasteiger partial charge is 0.492 e. The Balaban J connectivity index is 1.91. The Kier molecular flexibility index (Phi) is 3.42. The lowest BCUT2D eigenvalue weighted by Gasteiger charge is -2.34. The summed E-state index contributed by atoms with van der Waals surface area (Å²) in [6, 6.07) is 15.7. The molecule has 1 aliphatic rings. The van der Waals surface area contributed by atoms with Crippen molar-refractivity contribution in [3.8, 4) is 5.75 Å². The zero-order valence-corrected chi connectivity index (χ0v) is 12.0. The monoisotopic (exact) mass is 282 g/mol. The molecule has 0 aliphatic carbocycles. The van der Waals surface area contributed by atoms with Crippen molar-refractivity contribution in [3.05, 3.63) is 65.2 Å². The number of benzene rings is 2. The molecule has 0 bridgehead atoms. The van der Waals surface area contributed by atoms with Crippen LogP contribution in [-0.4, -0.2) is 17.7 Å². The van der Waals surface area contributed by atoms with Gasteiger partial charge in [0.15, 0.2) is 0 Å². The molecule has 0 spiro atoms. The number of carbonyl (C=O) groups is 1. The van der Waals surface area contributed by atoms with E-state index in [1.54, 1.807) is 0 Å². The molecule has 108 valence electrons. The van der Waals surface area contributed by atoms with Crippen molar-refractivity contribution in [2.45, 2.75) is 19.8 Å². The molecule has 2 aromatic carbocycles. The van der Waals surface area contributed by atoms with Crippen LogP contribution in [0, 0.1) is 12.3 Å². The van der Waals surface area contributed by atoms with Crippen LogP contribution in [0.2, 0.25) is 0 Å². The number of fused-ring (bicyclic) bond motifs is 1. The van der Waals surface area contributed by atoms with E-state index >= 15 is 0 Å². The van der Waals surface area contributed by atoms with E-state index < -0.39 is 11.4 Å². The van der Waals surface area contributed by atoms with Gasteiger partial charge in [0.1, 0.15) is 17.8 Å². The second-order valence-corrected chi connectivity index (χ2v) is 5.82. The minimum atomic E-state index is -0.885. The fourth-order valence-electron chi connectivity index (χ4n) is 2.85. The smallest absolute Gasteiger partial charge is 0.313 e. The van der Waals surface area contributed by atoms with Gasteiger partial charge in [0, 0.05) is 0 Å². The molecule has 0 radical (unpaired) electrons. The first-order valence-corrected chi connectivity index (χ1v) is 7.09. The fourth-order valence-corrected chi connectivity index (χ4v) is 2.85. The summed E-state index contributed by atoms with van der Waals surface area (Å²) in [6.45, 7) is 2.24. The molecule has 0 saturated heterocycles. The number of hydrogen-bond acceptors (Lipinski definition) is 2. The number of ether oxygens (including phenoxy) is 1. The van der Waals surface area contributed by atoms with Gasteiger partial charge >= 0.3 is 5.97 Å². The number of carboxylic acid groups (broad SMARTS) is 1. The molecule has 0 amide bonds. The summed E-state index contributed by atoms with van der Waals surface area (Å²) in [5.41, 5.74) is 2.29. The Hall–Kier alpha value is -2.29. The van der Waals surface area contributed by atoms with E-state index in [1.165, 1.54) is 5.56 Å². The van der Waals surface area contributed by atoms with E-state index in [4.69, 9.17) is 4.74 Å². The van der Waals surface area contributed by atoms with E-state index in [2.05, 4.69) is 0 Å². The van der Waals surface area contributed by atoms with Crippen LogP contribution >= 0.6 is 0 Å². The van der Waals surface area contributed by atoms with Crippen LogP contribution in [0.1, 0.15) is 16.7 Å². The molecule has 0 saturated carbocycles. The number of rotatable bonds is 3. The van der Waals surface area contributed by atoms with E-state index in [1.807, 2.05) is 55.5 Å². The van der Waals surface area contributed by atoms with Gasteiger partial charge in [-0.25, -0.2) is 0 Å². The van der Waals surface area contributed by atoms with Gasteiger partial charge < -0.3 is 9.84 Å². The van der Waals surface area contributed by atoms with Crippen molar-refractivity contribution < 1.29 is 14.6 Å². The van der Waals surface area contributed by atoms with Gasteiger partial charge in [-0.2, -0.15) is 0 Å². The summed E-state index contributed by atoms with van der Waals surface area (Å²) in [4.78, 5) is 11.9. The van der Waals surface area contributed by atoms with Gasteiger partial charge in [0.2, 0.25) is 0 Å². The summed E-state index contributed by atoms with van der Waals surface area (Å²) >= 11 is 0. The van der Waals surface area contributed by atoms with Crippen LogP contribution in [0.5, 0.6) is 5.75 Å². The molecule has 3 rings (SSSR count). The SMILES string of the molecule is Cc1ccc(CC2(C(=O)O)COc3ccccc3C2)cc1. The summed E-state index contributed by atoms with van der Waals surface area (Å²) in [5, 5.41) is 9.75. The van der Waals surface area contributed by atoms with Crippen LogP contribution in [-0.2, 0) is 17.6 Å². The Morgan fingerprint density at radius 3 is 2.62 bits per heavy atom. The first kappa shape index (κ1) is 13.7. The third-order valence-electron chi connectivity index (χ3n) is 4.12. The summed E-state index contributed by atoms with van der Waals surface area (Å²) in [6.07, 6.45) is 0.989. The molecule has 0 fully saturated rings. The van der Waals surface area contributed by atoms with E-state index in [9.17, 15) is 9.90 Å². The predicted molar refractivity (Wildman–Crippen MR) is 80.6 cm³/mol. The molecule has 3 heteroatoms. The highest BCUT2D eigenvalue weighted by atomic mass is 16.5. The zero-order valence-electron chi connectivity index (χ0n) is 12.0. The maximum Gasteiger partial charge on any atom is 0.313 e. The van der Waals surface area contributed by atoms with Crippen molar-refractivity contribution in [1.82, 2.24) is 0 Å². The Morgan fingerprint density at radius 2 is 1.90 bits per heavy atom. The first-order valence-electron chi connectivity index (χ1n) is 7.09. The minimum Gasteiger partial charge on any atom is -0.492 e. The van der Waals surface area contributed by atoms with Gasteiger partial charge in [-0.1, -0.05) is 48.0 Å². The van der Waals surface area contributed by atoms with Gasteiger partial charge in [-0.15, -0.1) is 0 Å². The normalized spacial score (nSPS) is 20.4. The molecule has 3 nitrogen and oxygen atoms in total. The van der Waals surface area contributed by atoms with Crippen molar-refractivity contribution in [2.75, 3.05) is 6.61 Å². The Labute approximate surface area is 124 Å². The number of hydrogen-bond donors (Lipinski definition) is 1. The quantitative estimate of drug-likeness (QED) is 0.940. The van der Waals surface area contributed by atoms with Crippen molar-refractivity contribution in [3.63, 3.8) is 0 Å². The van der Waals surface area contributed by atoms with Gasteiger partial charge in [-0.05, 0) is 37.0 Å². The number of aliphatic carboxylic acids is 1. The Morgan fingerprint density at radius 1 is 1.19 bits per heavy atom. The molecule has 1 atom stereocenters. The van der Waals surface area contributed by atoms with E-state index in [0.717, 1.165) is 16.9 Å². The Bertz CT molecular complexity index is 660.